The highest BCUT2D eigenvalue weighted by Gasteiger charge is 2.09. The summed E-state index contributed by atoms with van der Waals surface area (Å²) in [5.41, 5.74) is 0.487. The molecule has 2 aromatic carbocycles. The number of nitro groups is 1. The number of rotatable bonds is 5. The van der Waals surface area contributed by atoms with Gasteiger partial charge in [-0.15, -0.1) is 0 Å². The Labute approximate surface area is 165 Å². The first-order chi connectivity index (χ1) is 11.8. The zero-order chi connectivity index (χ0) is 18.4. The van der Waals surface area contributed by atoms with Crippen LogP contribution in [0.2, 0.25) is 0 Å². The lowest BCUT2D eigenvalue weighted by Crippen LogP contribution is -2.37. The van der Waals surface area contributed by atoms with E-state index in [1.165, 1.54) is 24.3 Å². The maximum Gasteiger partial charge on any atom is 0.269 e. The summed E-state index contributed by atoms with van der Waals surface area (Å²) < 4.78 is 6.99. The molecule has 2 N–H and O–H groups in total. The van der Waals surface area contributed by atoms with Crippen LogP contribution in [0.4, 0.5) is 11.4 Å². The van der Waals surface area contributed by atoms with Crippen molar-refractivity contribution < 1.29 is 14.5 Å². The monoisotopic (exact) mass is 487 g/mol. The van der Waals surface area contributed by atoms with Gasteiger partial charge in [0.1, 0.15) is 5.75 Å². The highest BCUT2D eigenvalue weighted by molar-refractivity contribution is 9.11. The summed E-state index contributed by atoms with van der Waals surface area (Å²) in [6.45, 7) is -0.220. The van der Waals surface area contributed by atoms with Gasteiger partial charge in [-0.1, -0.05) is 15.9 Å². The second-order valence-electron chi connectivity index (χ2n) is 4.67. The highest BCUT2D eigenvalue weighted by Crippen LogP contribution is 2.28. The number of nitrogens with zero attached hydrogens (tertiary/aromatic N) is 1. The van der Waals surface area contributed by atoms with Crippen molar-refractivity contribution in [1.82, 2.24) is 5.32 Å². The van der Waals surface area contributed by atoms with Crippen LogP contribution in [0, 0.1) is 10.1 Å². The number of amides is 1. The molecule has 0 atom stereocenters. The van der Waals surface area contributed by atoms with E-state index in [4.69, 9.17) is 17.0 Å². The molecule has 0 heterocycles. The summed E-state index contributed by atoms with van der Waals surface area (Å²) in [5, 5.41) is 15.9. The SMILES string of the molecule is O=C(COc1ccc(Br)cc1Br)NC(=S)Nc1ccc([N+](=O)[O-])cc1. The van der Waals surface area contributed by atoms with Crippen molar-refractivity contribution in [2.75, 3.05) is 11.9 Å². The Morgan fingerprint density at radius 3 is 2.48 bits per heavy atom. The van der Waals surface area contributed by atoms with Crippen LogP contribution < -0.4 is 15.4 Å². The number of nitrogens with one attached hydrogen (secondary N) is 2. The van der Waals surface area contributed by atoms with Crippen LogP contribution in [0.1, 0.15) is 0 Å². The van der Waals surface area contributed by atoms with Gasteiger partial charge in [-0.05, 0) is 58.5 Å². The Morgan fingerprint density at radius 2 is 1.88 bits per heavy atom. The van der Waals surface area contributed by atoms with Crippen molar-refractivity contribution in [3.05, 3.63) is 61.5 Å². The summed E-state index contributed by atoms with van der Waals surface area (Å²) in [7, 11) is 0. The largest absolute Gasteiger partial charge is 0.483 e. The lowest BCUT2D eigenvalue weighted by molar-refractivity contribution is -0.384. The summed E-state index contributed by atoms with van der Waals surface area (Å²) in [5.74, 6) is 0.0850. The molecule has 0 spiro atoms. The van der Waals surface area contributed by atoms with Crippen LogP contribution in [0.25, 0.3) is 0 Å². The van der Waals surface area contributed by atoms with Gasteiger partial charge in [-0.25, -0.2) is 0 Å². The van der Waals surface area contributed by atoms with E-state index in [-0.39, 0.29) is 17.4 Å². The average molecular weight is 489 g/mol. The number of ether oxygens (including phenoxy) is 1. The van der Waals surface area contributed by atoms with Gasteiger partial charge in [0.25, 0.3) is 11.6 Å². The number of hydrogen-bond donors (Lipinski definition) is 2. The van der Waals surface area contributed by atoms with Crippen molar-refractivity contribution in [3.63, 3.8) is 0 Å². The van der Waals surface area contributed by atoms with Crippen LogP contribution in [-0.4, -0.2) is 22.5 Å². The minimum Gasteiger partial charge on any atom is -0.483 e. The van der Waals surface area contributed by atoms with Crippen molar-refractivity contribution in [2.45, 2.75) is 0 Å². The Hall–Kier alpha value is -2.04. The number of anilines is 1. The molecule has 0 unspecified atom stereocenters. The fourth-order valence-corrected chi connectivity index (χ4v) is 3.12. The molecular formula is C15H11Br2N3O4S. The van der Waals surface area contributed by atoms with Crippen molar-refractivity contribution in [1.29, 1.82) is 0 Å². The van der Waals surface area contributed by atoms with Crippen LogP contribution in [0.5, 0.6) is 5.75 Å². The first-order valence-electron chi connectivity index (χ1n) is 6.78. The normalized spacial score (nSPS) is 10.0. The first-order valence-corrected chi connectivity index (χ1v) is 8.77. The number of carbonyl (C=O) groups excluding carboxylic acids is 1. The van der Waals surface area contributed by atoms with E-state index >= 15 is 0 Å². The number of nitro benzene ring substituents is 1. The van der Waals surface area contributed by atoms with Gasteiger partial charge in [-0.2, -0.15) is 0 Å². The lowest BCUT2D eigenvalue weighted by Gasteiger charge is -2.11. The van der Waals surface area contributed by atoms with Crippen LogP contribution >= 0.6 is 44.1 Å². The van der Waals surface area contributed by atoms with E-state index in [0.717, 1.165) is 4.47 Å². The minimum atomic E-state index is -0.499. The van der Waals surface area contributed by atoms with Crippen LogP contribution in [-0.2, 0) is 4.79 Å². The molecule has 0 aliphatic rings. The number of thiocarbonyl (C=S) groups is 1. The predicted molar refractivity (Wildman–Crippen MR) is 105 cm³/mol. The minimum absolute atomic E-state index is 0.0334. The van der Waals surface area contributed by atoms with E-state index in [1.54, 1.807) is 18.2 Å². The smallest absolute Gasteiger partial charge is 0.269 e. The van der Waals surface area contributed by atoms with Gasteiger partial charge >= 0.3 is 0 Å². The number of non-ortho nitro benzene ring substituents is 1. The molecule has 0 saturated heterocycles. The molecule has 25 heavy (non-hydrogen) atoms. The molecule has 0 aliphatic heterocycles. The van der Waals surface area contributed by atoms with Crippen LogP contribution in [0.3, 0.4) is 0 Å². The second-order valence-corrected chi connectivity index (χ2v) is 6.85. The molecule has 0 radical (unpaired) electrons. The molecule has 2 rings (SSSR count). The Kier molecular flexibility index (Phi) is 6.85. The molecule has 2 aromatic rings. The lowest BCUT2D eigenvalue weighted by atomic mass is 10.3. The van der Waals surface area contributed by atoms with Gasteiger partial charge in [0.2, 0.25) is 0 Å². The summed E-state index contributed by atoms with van der Waals surface area (Å²) >= 11 is 11.7. The van der Waals surface area contributed by atoms with Gasteiger partial charge in [-0.3, -0.25) is 20.2 Å². The second kappa shape index (κ2) is 8.88. The van der Waals surface area contributed by atoms with E-state index < -0.39 is 10.8 Å². The third kappa shape index (κ3) is 6.07. The van der Waals surface area contributed by atoms with Gasteiger partial charge in [0.15, 0.2) is 11.7 Å². The number of benzene rings is 2. The highest BCUT2D eigenvalue weighted by atomic mass is 79.9. The van der Waals surface area contributed by atoms with E-state index in [2.05, 4.69) is 42.5 Å². The molecule has 130 valence electrons. The van der Waals surface area contributed by atoms with E-state index in [1.807, 2.05) is 0 Å². The molecule has 10 heteroatoms. The number of carbonyl (C=O) groups is 1. The zero-order valence-electron chi connectivity index (χ0n) is 12.5. The average Bonchev–Trinajstić information content (AvgIpc) is 2.54. The molecule has 0 fully saturated rings. The Bertz CT molecular complexity index is 815. The quantitative estimate of drug-likeness (QED) is 0.375. The molecule has 1 amide bonds. The van der Waals surface area contributed by atoms with Crippen molar-refractivity contribution >= 4 is 66.5 Å². The fraction of sp³-hybridized carbons (Fsp3) is 0.0667. The summed E-state index contributed by atoms with van der Waals surface area (Å²) in [6, 6.07) is 11.0. The van der Waals surface area contributed by atoms with E-state index in [9.17, 15) is 14.9 Å². The first kappa shape index (κ1) is 19.3. The molecule has 0 bridgehead atoms. The van der Waals surface area contributed by atoms with Crippen molar-refractivity contribution in [3.8, 4) is 5.75 Å². The maximum absolute atomic E-state index is 11.9. The van der Waals surface area contributed by atoms with Gasteiger partial charge in [0.05, 0.1) is 9.40 Å². The third-order valence-corrected chi connectivity index (χ3v) is 4.16. The molecule has 0 aliphatic carbocycles. The Balaban J connectivity index is 1.83. The summed E-state index contributed by atoms with van der Waals surface area (Å²) in [6.07, 6.45) is 0. The number of hydrogen-bond acceptors (Lipinski definition) is 5. The van der Waals surface area contributed by atoms with Crippen molar-refractivity contribution in [2.24, 2.45) is 0 Å². The Morgan fingerprint density at radius 1 is 1.20 bits per heavy atom. The van der Waals surface area contributed by atoms with Gasteiger partial charge < -0.3 is 10.1 Å². The van der Waals surface area contributed by atoms with E-state index in [0.29, 0.717) is 15.9 Å². The fourth-order valence-electron chi connectivity index (χ4n) is 1.73. The predicted octanol–water partition coefficient (Wildman–Crippen LogP) is 4.01. The molecule has 7 nitrogen and oxygen atoms in total. The zero-order valence-corrected chi connectivity index (χ0v) is 16.5. The third-order valence-electron chi connectivity index (χ3n) is 2.84. The standard InChI is InChI=1S/C15H11Br2N3O4S/c16-9-1-6-13(12(17)7-9)24-8-14(21)19-15(25)18-10-2-4-11(5-3-10)20(22)23/h1-7H,8H2,(H2,18,19,21,25). The summed E-state index contributed by atoms with van der Waals surface area (Å²) in [4.78, 5) is 22.0. The number of halogens is 2. The molecule has 0 saturated carbocycles. The molecule has 0 aromatic heterocycles. The maximum atomic E-state index is 11.9. The topological polar surface area (TPSA) is 93.5 Å². The molecular weight excluding hydrogens is 478 g/mol. The van der Waals surface area contributed by atoms with Gasteiger partial charge in [0, 0.05) is 22.3 Å². The van der Waals surface area contributed by atoms with Crippen LogP contribution in [0.15, 0.2) is 51.4 Å².